The predicted octanol–water partition coefficient (Wildman–Crippen LogP) is 3.63. The quantitative estimate of drug-likeness (QED) is 0.261. The number of carbonyl (C=O) groups excluding carboxylic acids is 1. The van der Waals surface area contributed by atoms with Crippen molar-refractivity contribution in [1.29, 1.82) is 0 Å². The Morgan fingerprint density at radius 1 is 1.13 bits per heavy atom. The Bertz CT molecular complexity index is 1110. The summed E-state index contributed by atoms with van der Waals surface area (Å²) in [6, 6.07) is 15.3. The minimum absolute atomic E-state index is 0.318. The van der Waals surface area contributed by atoms with Crippen molar-refractivity contribution in [1.82, 2.24) is 4.57 Å². The lowest BCUT2D eigenvalue weighted by Crippen LogP contribution is -2.17. The molecular formula is C23H28N2O5S. The molecule has 0 radical (unpaired) electrons. The largest absolute Gasteiger partial charge is 0.385 e. The second kappa shape index (κ2) is 10.5. The molecule has 0 saturated carbocycles. The van der Waals surface area contributed by atoms with Crippen LogP contribution in [0.4, 0.5) is 5.69 Å². The van der Waals surface area contributed by atoms with Crippen molar-refractivity contribution in [2.45, 2.75) is 32.4 Å². The lowest BCUT2D eigenvalue weighted by atomic mass is 10.1. The maximum Gasteiger partial charge on any atom is 0.306 e. The lowest BCUT2D eigenvalue weighted by molar-refractivity contribution is -0.117. The Hall–Kier alpha value is -2.84. The Balaban J connectivity index is 1.49. The van der Waals surface area contributed by atoms with E-state index in [1.165, 1.54) is 0 Å². The first-order valence-corrected chi connectivity index (χ1v) is 12.1. The van der Waals surface area contributed by atoms with E-state index in [-0.39, 0.29) is 0 Å². The molecule has 0 bridgehead atoms. The van der Waals surface area contributed by atoms with Crippen LogP contribution in [0.15, 0.2) is 54.7 Å². The Morgan fingerprint density at radius 3 is 2.58 bits per heavy atom. The van der Waals surface area contributed by atoms with E-state index in [1.54, 1.807) is 12.1 Å². The van der Waals surface area contributed by atoms with Gasteiger partial charge in [0, 0.05) is 48.9 Å². The number of fused-ring (bicyclic) bond motifs is 1. The van der Waals surface area contributed by atoms with Crippen molar-refractivity contribution in [3.05, 3.63) is 60.3 Å². The molecule has 0 unspecified atom stereocenters. The first-order valence-electron chi connectivity index (χ1n) is 10.3. The van der Waals surface area contributed by atoms with Gasteiger partial charge in [-0.15, -0.1) is 0 Å². The fraction of sp³-hybridized carbons (Fsp3) is 0.348. The Labute approximate surface area is 183 Å². The van der Waals surface area contributed by atoms with Crippen molar-refractivity contribution < 1.29 is 22.1 Å². The van der Waals surface area contributed by atoms with Crippen LogP contribution in [0.1, 0.15) is 18.9 Å². The van der Waals surface area contributed by atoms with Crippen LogP contribution in [0, 0.1) is 0 Å². The van der Waals surface area contributed by atoms with Crippen molar-refractivity contribution in [3.8, 4) is 5.75 Å². The van der Waals surface area contributed by atoms with E-state index in [0.717, 1.165) is 54.2 Å². The van der Waals surface area contributed by atoms with Crippen molar-refractivity contribution in [2.24, 2.45) is 0 Å². The summed E-state index contributed by atoms with van der Waals surface area (Å²) < 4.78 is 35.0. The third kappa shape index (κ3) is 6.83. The van der Waals surface area contributed by atoms with Gasteiger partial charge in [0.25, 0.3) is 0 Å². The van der Waals surface area contributed by atoms with E-state index in [2.05, 4.69) is 9.88 Å². The van der Waals surface area contributed by atoms with E-state index < -0.39 is 16.2 Å². The van der Waals surface area contributed by atoms with Crippen LogP contribution in [-0.2, 0) is 32.6 Å². The summed E-state index contributed by atoms with van der Waals surface area (Å²) >= 11 is 0. The van der Waals surface area contributed by atoms with Gasteiger partial charge in [0.15, 0.2) is 0 Å². The van der Waals surface area contributed by atoms with E-state index >= 15 is 0 Å². The minimum Gasteiger partial charge on any atom is -0.385 e. The third-order valence-electron chi connectivity index (χ3n) is 4.82. The molecule has 31 heavy (non-hydrogen) atoms. The molecule has 1 heterocycles. The van der Waals surface area contributed by atoms with Gasteiger partial charge in [-0.3, -0.25) is 0 Å². The minimum atomic E-state index is -3.53. The highest BCUT2D eigenvalue weighted by molar-refractivity contribution is 7.86. The van der Waals surface area contributed by atoms with E-state index in [1.807, 2.05) is 49.5 Å². The zero-order valence-electron chi connectivity index (χ0n) is 17.8. The standard InChI is InChI=1S/C23H28N2O5S/c1-3-29-22(17-26)15-18-5-7-20(8-6-18)24-12-4-13-25-14-11-19-16-21(9-10-23(19)25)30-31(2,27)28/h5-11,14,16-17,22,24H,3-4,12-13,15H2,1-2H3/t22-/m0/s1. The Kier molecular flexibility index (Phi) is 7.70. The van der Waals surface area contributed by atoms with Gasteiger partial charge in [0.1, 0.15) is 18.1 Å². The molecule has 0 aliphatic heterocycles. The topological polar surface area (TPSA) is 86.6 Å². The summed E-state index contributed by atoms with van der Waals surface area (Å²) in [6.07, 6.45) is 4.98. The highest BCUT2D eigenvalue weighted by Crippen LogP contribution is 2.23. The Morgan fingerprint density at radius 2 is 1.90 bits per heavy atom. The van der Waals surface area contributed by atoms with Crippen molar-refractivity contribution >= 4 is 33.0 Å². The molecular weight excluding hydrogens is 416 g/mol. The summed E-state index contributed by atoms with van der Waals surface area (Å²) in [6.45, 7) is 4.04. The second-order valence-corrected chi connectivity index (χ2v) is 8.90. The number of anilines is 1. The monoisotopic (exact) mass is 444 g/mol. The molecule has 8 heteroatoms. The molecule has 0 saturated heterocycles. The van der Waals surface area contributed by atoms with Gasteiger partial charge in [-0.25, -0.2) is 0 Å². The van der Waals surface area contributed by atoms with Crippen molar-refractivity contribution in [2.75, 3.05) is 24.7 Å². The number of benzene rings is 2. The normalized spacial score (nSPS) is 12.6. The van der Waals surface area contributed by atoms with Crippen LogP contribution in [0.3, 0.4) is 0 Å². The number of nitrogens with one attached hydrogen (secondary N) is 1. The number of hydrogen-bond acceptors (Lipinski definition) is 6. The van der Waals surface area contributed by atoms with Gasteiger partial charge in [0.05, 0.1) is 6.26 Å². The predicted molar refractivity (Wildman–Crippen MR) is 122 cm³/mol. The molecule has 3 rings (SSSR count). The van der Waals surface area contributed by atoms with Gasteiger partial charge in [-0.2, -0.15) is 8.42 Å². The highest BCUT2D eigenvalue weighted by Gasteiger charge is 2.09. The van der Waals surface area contributed by atoms with Gasteiger partial charge in [-0.1, -0.05) is 12.1 Å². The smallest absolute Gasteiger partial charge is 0.306 e. The number of carbonyl (C=O) groups is 1. The SMILES string of the molecule is CCO[C@H](C=O)Cc1ccc(NCCCn2ccc3cc(OS(C)(=O)=O)ccc32)cc1. The molecule has 3 aromatic rings. The first-order chi connectivity index (χ1) is 14.9. The summed E-state index contributed by atoms with van der Waals surface area (Å²) in [5, 5.41) is 4.34. The summed E-state index contributed by atoms with van der Waals surface area (Å²) in [4.78, 5) is 11.0. The third-order valence-corrected chi connectivity index (χ3v) is 5.31. The van der Waals surface area contributed by atoms with E-state index in [4.69, 9.17) is 8.92 Å². The van der Waals surface area contributed by atoms with Gasteiger partial charge < -0.3 is 23.6 Å². The molecule has 0 aliphatic carbocycles. The van der Waals surface area contributed by atoms with Crippen LogP contribution in [0.5, 0.6) is 5.75 Å². The summed E-state index contributed by atoms with van der Waals surface area (Å²) in [5.41, 5.74) is 3.13. The number of ether oxygens (including phenoxy) is 1. The molecule has 0 amide bonds. The fourth-order valence-electron chi connectivity index (χ4n) is 3.43. The molecule has 0 aliphatic rings. The number of rotatable bonds is 12. The average molecular weight is 445 g/mol. The van der Waals surface area contributed by atoms with Crippen LogP contribution in [0.25, 0.3) is 10.9 Å². The van der Waals surface area contributed by atoms with E-state index in [9.17, 15) is 13.2 Å². The molecule has 0 spiro atoms. The number of hydrogen-bond donors (Lipinski definition) is 1. The molecule has 166 valence electrons. The lowest BCUT2D eigenvalue weighted by Gasteiger charge is -2.12. The van der Waals surface area contributed by atoms with Crippen LogP contribution in [0.2, 0.25) is 0 Å². The highest BCUT2D eigenvalue weighted by atomic mass is 32.2. The number of aryl methyl sites for hydroxylation is 1. The number of aromatic nitrogens is 1. The number of aldehydes is 1. The average Bonchev–Trinajstić information content (AvgIpc) is 3.13. The zero-order chi connectivity index (χ0) is 22.3. The molecule has 2 aromatic carbocycles. The van der Waals surface area contributed by atoms with Gasteiger partial charge >= 0.3 is 10.1 Å². The molecule has 0 fully saturated rings. The summed E-state index contributed by atoms with van der Waals surface area (Å²) in [5.74, 6) is 0.318. The zero-order valence-corrected chi connectivity index (χ0v) is 18.6. The molecule has 1 aromatic heterocycles. The van der Waals surface area contributed by atoms with Crippen LogP contribution >= 0.6 is 0 Å². The van der Waals surface area contributed by atoms with Gasteiger partial charge in [0.2, 0.25) is 0 Å². The van der Waals surface area contributed by atoms with Gasteiger partial charge in [-0.05, 0) is 55.3 Å². The molecule has 7 nitrogen and oxygen atoms in total. The fourth-order valence-corrected chi connectivity index (χ4v) is 3.89. The van der Waals surface area contributed by atoms with Crippen molar-refractivity contribution in [3.63, 3.8) is 0 Å². The van der Waals surface area contributed by atoms with Crippen LogP contribution in [-0.4, -0.2) is 44.8 Å². The van der Waals surface area contributed by atoms with Crippen LogP contribution < -0.4 is 9.50 Å². The second-order valence-electron chi connectivity index (χ2n) is 7.33. The maximum absolute atomic E-state index is 11.3. The number of nitrogens with zero attached hydrogens (tertiary/aromatic N) is 1. The molecule has 1 atom stereocenters. The maximum atomic E-state index is 11.3. The molecule has 1 N–H and O–H groups in total. The summed E-state index contributed by atoms with van der Waals surface area (Å²) in [7, 11) is -3.53. The van der Waals surface area contributed by atoms with E-state index in [0.29, 0.717) is 18.8 Å². The first kappa shape index (κ1) is 22.8.